The van der Waals surface area contributed by atoms with Crippen LogP contribution < -0.4 is 10.2 Å². The van der Waals surface area contributed by atoms with Gasteiger partial charge in [-0.25, -0.2) is 0 Å². The largest absolute Gasteiger partial charge is 0.378 e. The summed E-state index contributed by atoms with van der Waals surface area (Å²) in [5, 5.41) is 22.0. The van der Waals surface area contributed by atoms with E-state index < -0.39 is 10.8 Å². The van der Waals surface area contributed by atoms with Gasteiger partial charge in [-0.15, -0.1) is 0 Å². The van der Waals surface area contributed by atoms with E-state index in [4.69, 9.17) is 4.74 Å². The lowest BCUT2D eigenvalue weighted by Crippen LogP contribution is -2.36. The predicted molar refractivity (Wildman–Crippen MR) is 100 cm³/mol. The third-order valence-electron chi connectivity index (χ3n) is 4.49. The summed E-state index contributed by atoms with van der Waals surface area (Å²) in [4.78, 5) is 25.5. The number of hydrogen-bond donors (Lipinski definition) is 2. The molecule has 4 rings (SSSR count). The van der Waals surface area contributed by atoms with Crippen molar-refractivity contribution in [3.8, 4) is 0 Å². The first kappa shape index (κ1) is 17.0. The molecule has 1 saturated heterocycles. The summed E-state index contributed by atoms with van der Waals surface area (Å²) < 4.78 is 5.29. The Kier molecular flexibility index (Phi) is 4.43. The first-order chi connectivity index (χ1) is 13.1. The molecule has 2 heterocycles. The van der Waals surface area contributed by atoms with Gasteiger partial charge in [-0.05, 0) is 30.3 Å². The molecule has 1 aliphatic heterocycles. The molecule has 138 valence electrons. The Morgan fingerprint density at radius 2 is 2.04 bits per heavy atom. The number of ether oxygens (including phenoxy) is 1. The van der Waals surface area contributed by atoms with Gasteiger partial charge in [0, 0.05) is 35.8 Å². The van der Waals surface area contributed by atoms with Crippen LogP contribution in [-0.2, 0) is 4.74 Å². The van der Waals surface area contributed by atoms with E-state index >= 15 is 0 Å². The lowest BCUT2D eigenvalue weighted by Gasteiger charge is -2.28. The molecule has 0 spiro atoms. The molecule has 2 aromatic carbocycles. The van der Waals surface area contributed by atoms with Crippen molar-refractivity contribution in [2.75, 3.05) is 36.5 Å². The topological polar surface area (TPSA) is 113 Å². The molecule has 2 N–H and O–H groups in total. The Hall–Kier alpha value is -3.46. The van der Waals surface area contributed by atoms with Gasteiger partial charge in [-0.2, -0.15) is 5.10 Å². The third kappa shape index (κ3) is 3.44. The smallest absolute Gasteiger partial charge is 0.293 e. The number of rotatable bonds is 4. The van der Waals surface area contributed by atoms with E-state index in [0.29, 0.717) is 37.7 Å². The molecular formula is C18H17N5O4. The summed E-state index contributed by atoms with van der Waals surface area (Å²) in [5.41, 5.74) is 2.01. The highest BCUT2D eigenvalue weighted by molar-refractivity contribution is 6.05. The molecule has 0 unspecified atom stereocenters. The maximum Gasteiger partial charge on any atom is 0.293 e. The van der Waals surface area contributed by atoms with Gasteiger partial charge in [0.15, 0.2) is 0 Å². The fourth-order valence-corrected chi connectivity index (χ4v) is 3.10. The van der Waals surface area contributed by atoms with Gasteiger partial charge in [-0.1, -0.05) is 0 Å². The lowest BCUT2D eigenvalue weighted by molar-refractivity contribution is -0.384. The maximum absolute atomic E-state index is 12.6. The fourth-order valence-electron chi connectivity index (χ4n) is 3.10. The number of nitrogens with zero attached hydrogens (tertiary/aromatic N) is 3. The minimum absolute atomic E-state index is 0.0893. The molecule has 0 radical (unpaired) electrons. The van der Waals surface area contributed by atoms with Crippen LogP contribution in [0.1, 0.15) is 10.4 Å². The molecule has 3 aromatic rings. The maximum atomic E-state index is 12.6. The van der Waals surface area contributed by atoms with Crippen molar-refractivity contribution in [3.63, 3.8) is 0 Å². The molecule has 1 aromatic heterocycles. The molecule has 0 saturated carbocycles. The van der Waals surface area contributed by atoms with E-state index in [9.17, 15) is 14.9 Å². The van der Waals surface area contributed by atoms with Crippen LogP contribution >= 0.6 is 0 Å². The number of hydrogen-bond acceptors (Lipinski definition) is 6. The van der Waals surface area contributed by atoms with E-state index in [2.05, 4.69) is 15.5 Å². The molecule has 1 amide bonds. The number of aromatic nitrogens is 2. The summed E-state index contributed by atoms with van der Waals surface area (Å²) in [6.45, 7) is 2.21. The SMILES string of the molecule is O=C(Nc1ccc2cn[nH]c2c1)c1ccc(N2CCOCC2)c([N+](=O)[O-])c1. The van der Waals surface area contributed by atoms with E-state index in [1.54, 1.807) is 30.5 Å². The highest BCUT2D eigenvalue weighted by Gasteiger charge is 2.23. The van der Waals surface area contributed by atoms with Crippen LogP contribution in [-0.4, -0.2) is 47.3 Å². The number of aromatic amines is 1. The van der Waals surface area contributed by atoms with Crippen LogP contribution in [0.2, 0.25) is 0 Å². The minimum Gasteiger partial charge on any atom is -0.378 e. The van der Waals surface area contributed by atoms with Crippen LogP contribution in [0.5, 0.6) is 0 Å². The van der Waals surface area contributed by atoms with Gasteiger partial charge >= 0.3 is 0 Å². The second-order valence-corrected chi connectivity index (χ2v) is 6.19. The van der Waals surface area contributed by atoms with Gasteiger partial charge < -0.3 is 15.0 Å². The summed E-state index contributed by atoms with van der Waals surface area (Å²) >= 11 is 0. The molecule has 27 heavy (non-hydrogen) atoms. The van der Waals surface area contributed by atoms with Crippen LogP contribution in [0, 0.1) is 10.1 Å². The summed E-state index contributed by atoms with van der Waals surface area (Å²) in [6.07, 6.45) is 1.69. The van der Waals surface area contributed by atoms with Crippen LogP contribution in [0.15, 0.2) is 42.6 Å². The zero-order valence-electron chi connectivity index (χ0n) is 14.3. The minimum atomic E-state index is -0.460. The van der Waals surface area contributed by atoms with E-state index in [1.165, 1.54) is 6.07 Å². The molecule has 9 nitrogen and oxygen atoms in total. The summed E-state index contributed by atoms with van der Waals surface area (Å²) in [5.74, 6) is -0.412. The first-order valence-corrected chi connectivity index (χ1v) is 8.47. The number of anilines is 2. The van der Waals surface area contributed by atoms with Crippen LogP contribution in [0.4, 0.5) is 17.1 Å². The monoisotopic (exact) mass is 367 g/mol. The van der Waals surface area contributed by atoms with E-state index in [0.717, 1.165) is 10.9 Å². The van der Waals surface area contributed by atoms with Crippen molar-refractivity contribution in [2.24, 2.45) is 0 Å². The summed E-state index contributed by atoms with van der Waals surface area (Å²) in [7, 11) is 0. The molecule has 1 aliphatic rings. The highest BCUT2D eigenvalue weighted by atomic mass is 16.6. The molecule has 0 bridgehead atoms. The average molecular weight is 367 g/mol. The normalized spacial score (nSPS) is 14.3. The van der Waals surface area contributed by atoms with Crippen molar-refractivity contribution in [3.05, 3.63) is 58.3 Å². The Bertz CT molecular complexity index is 1010. The van der Waals surface area contributed by atoms with E-state index in [-0.39, 0.29) is 11.3 Å². The first-order valence-electron chi connectivity index (χ1n) is 8.47. The van der Waals surface area contributed by atoms with Crippen molar-refractivity contribution in [1.29, 1.82) is 0 Å². The number of nitro benzene ring substituents is 1. The Labute approximate surface area is 154 Å². The standard InChI is InChI=1S/C18H17N5O4/c24-18(20-14-3-1-13-11-19-21-15(13)10-14)12-2-4-16(17(9-12)23(25)26)22-5-7-27-8-6-22/h1-4,9-11H,5-8H2,(H,19,21)(H,20,24). The second kappa shape index (κ2) is 7.04. The van der Waals surface area contributed by atoms with E-state index in [1.807, 2.05) is 11.0 Å². The molecule has 1 fully saturated rings. The zero-order chi connectivity index (χ0) is 18.8. The number of carbonyl (C=O) groups is 1. The number of nitro groups is 1. The zero-order valence-corrected chi connectivity index (χ0v) is 14.3. The van der Waals surface area contributed by atoms with Crippen molar-refractivity contribution in [2.45, 2.75) is 0 Å². The quantitative estimate of drug-likeness (QED) is 0.541. The van der Waals surface area contributed by atoms with Gasteiger partial charge in [-0.3, -0.25) is 20.0 Å². The Morgan fingerprint density at radius 1 is 1.22 bits per heavy atom. The van der Waals surface area contributed by atoms with Crippen LogP contribution in [0.3, 0.4) is 0 Å². The predicted octanol–water partition coefficient (Wildman–Crippen LogP) is 2.56. The summed E-state index contributed by atoms with van der Waals surface area (Å²) in [6, 6.07) is 9.88. The van der Waals surface area contributed by atoms with Gasteiger partial charge in [0.05, 0.1) is 29.9 Å². The molecule has 0 aliphatic carbocycles. The number of nitrogens with one attached hydrogen (secondary N) is 2. The molecular weight excluding hydrogens is 350 g/mol. The van der Waals surface area contributed by atoms with Gasteiger partial charge in [0.2, 0.25) is 0 Å². The number of benzene rings is 2. The van der Waals surface area contributed by atoms with Gasteiger partial charge in [0.1, 0.15) is 5.69 Å². The Balaban J connectivity index is 1.59. The van der Waals surface area contributed by atoms with Crippen LogP contribution in [0.25, 0.3) is 10.9 Å². The Morgan fingerprint density at radius 3 is 2.81 bits per heavy atom. The lowest BCUT2D eigenvalue weighted by atomic mass is 10.1. The van der Waals surface area contributed by atoms with Crippen molar-refractivity contribution < 1.29 is 14.5 Å². The van der Waals surface area contributed by atoms with Crippen molar-refractivity contribution >= 4 is 33.9 Å². The second-order valence-electron chi connectivity index (χ2n) is 6.19. The number of amides is 1. The van der Waals surface area contributed by atoms with Crippen molar-refractivity contribution in [1.82, 2.24) is 10.2 Å². The highest BCUT2D eigenvalue weighted by Crippen LogP contribution is 2.30. The molecule has 9 heteroatoms. The number of morpholine rings is 1. The average Bonchev–Trinajstić information content (AvgIpc) is 3.16. The number of fused-ring (bicyclic) bond motifs is 1. The van der Waals surface area contributed by atoms with Gasteiger partial charge in [0.25, 0.3) is 11.6 Å². The molecule has 0 atom stereocenters. The third-order valence-corrected chi connectivity index (χ3v) is 4.49. The number of carbonyl (C=O) groups excluding carboxylic acids is 1. The number of H-pyrrole nitrogens is 1. The fraction of sp³-hybridized carbons (Fsp3) is 0.222.